The summed E-state index contributed by atoms with van der Waals surface area (Å²) in [5, 5.41) is 18.7. The summed E-state index contributed by atoms with van der Waals surface area (Å²) in [6.07, 6.45) is 0. The molecule has 0 aliphatic carbocycles. The predicted molar refractivity (Wildman–Crippen MR) is 525 cm³/mol. The van der Waals surface area contributed by atoms with Gasteiger partial charge >= 0.3 is 0 Å². The molecule has 0 aliphatic rings. The SMILES string of the molecule is [C-]#[N+]c1ccc(Oc2ccc(C(C)(C)c3ccc(Oc4ccc(C(=O)c5ccc(Oc6ccc(C(C)(C)c7ccc(Oc8ccc(C)c(C#N)c8)cc7)cc6)cc5)cc4)cc3)cc2)cc1[N+]#[C-].[C-]#[N+]c1ccc(Oc2ccc(C(C)(C)c3ccc(Oc4ccc(S(=O)(=O)c5ccc(Oc6ccc(C(C)(C)c7ccc(Oc8ccc(C)c(C#N)c8)cc7)cc6)cc5)cc4)cc3)cc2)cc1[N+]#[C-]. The van der Waals surface area contributed by atoms with Crippen LogP contribution in [-0.2, 0) is 31.5 Å². The highest BCUT2D eigenvalue weighted by Crippen LogP contribution is 2.44. The van der Waals surface area contributed by atoms with Gasteiger partial charge in [-0.05, 0) is 312 Å². The van der Waals surface area contributed by atoms with Gasteiger partial charge in [0.05, 0.1) is 59.3 Å². The van der Waals surface area contributed by atoms with Crippen LogP contribution in [-0.4, -0.2) is 14.2 Å². The highest BCUT2D eigenvalue weighted by atomic mass is 32.2. The summed E-state index contributed by atoms with van der Waals surface area (Å²) in [4.78, 5) is 27.3. The zero-order chi connectivity index (χ0) is 95.2. The van der Waals surface area contributed by atoms with E-state index in [4.69, 9.17) is 64.2 Å². The van der Waals surface area contributed by atoms with Gasteiger partial charge in [-0.3, -0.25) is 14.5 Å². The molecule has 0 aromatic heterocycles. The zero-order valence-corrected chi connectivity index (χ0v) is 76.5. The van der Waals surface area contributed by atoms with E-state index in [9.17, 15) is 23.7 Å². The number of ketones is 1. The van der Waals surface area contributed by atoms with Gasteiger partial charge in [0.25, 0.3) is 0 Å². The normalized spacial score (nSPS) is 11.2. The predicted octanol–water partition coefficient (Wildman–Crippen LogP) is 31.6. The summed E-state index contributed by atoms with van der Waals surface area (Å²) in [6, 6.07) is 115. The van der Waals surface area contributed by atoms with E-state index in [1.807, 2.05) is 208 Å². The lowest BCUT2D eigenvalue weighted by Gasteiger charge is -2.26. The van der Waals surface area contributed by atoms with E-state index in [2.05, 4.69) is 111 Å². The maximum atomic E-state index is 13.6. The Hall–Kier alpha value is -17.5. The number of hydrogen-bond donors (Lipinski definition) is 0. The van der Waals surface area contributed by atoms with Crippen molar-refractivity contribution >= 4 is 38.4 Å². The number of carbonyl (C=O) groups is 1. The molecule has 135 heavy (non-hydrogen) atoms. The fraction of sp³-hybridized carbons (Fsp3) is 0.120. The van der Waals surface area contributed by atoms with Crippen LogP contribution in [0.15, 0.2) is 374 Å². The van der Waals surface area contributed by atoms with Crippen LogP contribution in [0, 0.1) is 62.8 Å². The average Bonchev–Trinajstić information content (AvgIpc) is 0.805. The van der Waals surface area contributed by atoms with Gasteiger partial charge in [0.1, 0.15) is 92.0 Å². The minimum absolute atomic E-state index is 0.108. The van der Waals surface area contributed by atoms with Crippen LogP contribution >= 0.6 is 0 Å². The van der Waals surface area contributed by atoms with Crippen molar-refractivity contribution in [3.8, 4) is 104 Å². The molecule has 0 bridgehead atoms. The molecule has 0 saturated carbocycles. The number of hydrogen-bond acceptors (Lipinski definition) is 13. The fourth-order valence-electron chi connectivity index (χ4n) is 15.4. The molecule has 17 nitrogen and oxygen atoms in total. The van der Waals surface area contributed by atoms with Gasteiger partial charge in [-0.15, -0.1) is 0 Å². The summed E-state index contributed by atoms with van der Waals surface area (Å²) in [5.74, 6) is 9.55. The van der Waals surface area contributed by atoms with Gasteiger partial charge in [-0.1, -0.05) is 177 Å². The van der Waals surface area contributed by atoms with E-state index in [-0.39, 0.29) is 48.6 Å². The minimum atomic E-state index is -3.82. The summed E-state index contributed by atoms with van der Waals surface area (Å²) in [7, 11) is -3.82. The van der Waals surface area contributed by atoms with Crippen LogP contribution in [0.25, 0.3) is 19.4 Å². The number of ether oxygens (including phenoxy) is 8. The first-order valence-corrected chi connectivity index (χ1v) is 44.7. The van der Waals surface area contributed by atoms with Crippen molar-refractivity contribution in [2.24, 2.45) is 0 Å². The summed E-state index contributed by atoms with van der Waals surface area (Å²) in [5.41, 5.74) is 12.7. The van der Waals surface area contributed by atoms with E-state index in [0.29, 0.717) is 126 Å². The molecule has 16 aromatic carbocycles. The Morgan fingerprint density at radius 1 is 0.244 bits per heavy atom. The Bertz CT molecular complexity index is 7430. The number of rotatable bonds is 28. The zero-order valence-electron chi connectivity index (χ0n) is 75.7. The standard InChI is InChI=1S/C59H45N3O5.C58H45N3O6S/c1-39-8-21-53(36-42(39)38-60)66-51-30-17-45(18-31-51)58(2,3)43-13-26-49(27-14-43)64-47-22-9-40(10-23-47)57(63)41-11-24-48(25-12-41)65-50-28-15-44(16-29-50)59(4,5)46-19-32-52(33-20-46)67-54-34-35-55(61-6)56(37-54)62-7;1-39-8-17-51(36-40(39)38-59)66-47-22-13-43(14-23-47)57(2,3)41-9-18-45(19-10-41)64-49-26-31-53(32-27-49)68(62,63)54-33-28-50(29-34-54)65-46-20-11-42(12-21-46)58(4,5)44-15-24-48(25-16-44)67-52-30-35-55(60-6)56(37-52)61-7/h8-37H,1-5H3;8-37H,1-5H3. The van der Waals surface area contributed by atoms with Crippen molar-refractivity contribution in [1.29, 1.82) is 10.5 Å². The Labute approximate surface area is 787 Å². The Morgan fingerprint density at radius 3 is 0.615 bits per heavy atom. The number of nitriles is 2. The van der Waals surface area contributed by atoms with Crippen LogP contribution in [0.2, 0.25) is 0 Å². The van der Waals surface area contributed by atoms with E-state index < -0.39 is 9.84 Å². The molecule has 18 heteroatoms. The van der Waals surface area contributed by atoms with E-state index in [1.165, 1.54) is 24.3 Å². The molecular formula is C117H90N6O11S. The van der Waals surface area contributed by atoms with Gasteiger partial charge in [0, 0.05) is 32.8 Å². The topological polar surface area (TPSA) is 190 Å². The lowest BCUT2D eigenvalue weighted by molar-refractivity contribution is 0.103. The third kappa shape index (κ3) is 21.5. The van der Waals surface area contributed by atoms with Crippen LogP contribution in [0.1, 0.15) is 138 Å². The average molecular weight is 1790 g/mol. The van der Waals surface area contributed by atoms with Crippen LogP contribution < -0.4 is 37.9 Å². The molecule has 0 aliphatic heterocycles. The summed E-state index contributed by atoms with van der Waals surface area (Å²) < 4.78 is 75.8. The molecule has 660 valence electrons. The lowest BCUT2D eigenvalue weighted by atomic mass is 9.78. The van der Waals surface area contributed by atoms with Crippen LogP contribution in [0.5, 0.6) is 92.0 Å². The largest absolute Gasteiger partial charge is 0.459 e. The van der Waals surface area contributed by atoms with Crippen molar-refractivity contribution in [3.63, 3.8) is 0 Å². The van der Waals surface area contributed by atoms with Crippen molar-refractivity contribution < 1.29 is 51.1 Å². The molecule has 0 atom stereocenters. The van der Waals surface area contributed by atoms with Crippen LogP contribution in [0.4, 0.5) is 22.7 Å². The maximum Gasteiger partial charge on any atom is 0.206 e. The molecule has 0 spiro atoms. The Morgan fingerprint density at radius 2 is 0.415 bits per heavy atom. The van der Waals surface area contributed by atoms with Gasteiger partial charge < -0.3 is 37.9 Å². The molecule has 16 aromatic rings. The molecular weight excluding hydrogens is 1700 g/mol. The van der Waals surface area contributed by atoms with Gasteiger partial charge in [0.15, 0.2) is 28.5 Å². The van der Waals surface area contributed by atoms with Gasteiger partial charge in [-0.25, -0.2) is 18.1 Å². The quantitative estimate of drug-likeness (QED) is 0.0333. The number of aryl methyl sites for hydroxylation is 2. The Kier molecular flexibility index (Phi) is 27.2. The smallest absolute Gasteiger partial charge is 0.206 e. The summed E-state index contributed by atoms with van der Waals surface area (Å²) >= 11 is 0. The third-order valence-electron chi connectivity index (χ3n) is 24.0. The van der Waals surface area contributed by atoms with Gasteiger partial charge in [0.2, 0.25) is 9.84 Å². The lowest BCUT2D eigenvalue weighted by Crippen LogP contribution is -2.18. The molecule has 0 unspecified atom stereocenters. The van der Waals surface area contributed by atoms with Crippen molar-refractivity contribution in [2.45, 2.75) is 101 Å². The highest BCUT2D eigenvalue weighted by Gasteiger charge is 2.29. The van der Waals surface area contributed by atoms with Crippen molar-refractivity contribution in [1.82, 2.24) is 0 Å². The Balaban J connectivity index is 0.000000206. The second-order valence-electron chi connectivity index (χ2n) is 34.3. The van der Waals surface area contributed by atoms with Crippen molar-refractivity contribution in [3.05, 3.63) is 488 Å². The first-order chi connectivity index (χ1) is 65.0. The number of carbonyl (C=O) groups excluding carboxylic acids is 1. The maximum absolute atomic E-state index is 13.6. The van der Waals surface area contributed by atoms with Crippen molar-refractivity contribution in [2.75, 3.05) is 0 Å². The molecule has 0 saturated heterocycles. The first-order valence-electron chi connectivity index (χ1n) is 43.3. The second kappa shape index (κ2) is 39.8. The third-order valence-corrected chi connectivity index (χ3v) is 25.8. The molecule has 16 rings (SSSR count). The van der Waals surface area contributed by atoms with E-state index >= 15 is 0 Å². The van der Waals surface area contributed by atoms with Crippen LogP contribution in [0.3, 0.4) is 0 Å². The number of benzene rings is 16. The number of sulfone groups is 1. The second-order valence-corrected chi connectivity index (χ2v) is 36.2. The minimum Gasteiger partial charge on any atom is -0.459 e. The number of nitrogens with zero attached hydrogens (tertiary/aromatic N) is 6. The molecule has 0 radical (unpaired) electrons. The molecule has 0 N–H and O–H groups in total. The van der Waals surface area contributed by atoms with Gasteiger partial charge in [-0.2, -0.15) is 10.5 Å². The fourth-order valence-corrected chi connectivity index (χ4v) is 16.6. The molecule has 0 heterocycles. The molecule has 0 fully saturated rings. The first kappa shape index (κ1) is 92.2. The van der Waals surface area contributed by atoms with E-state index in [1.54, 1.807) is 121 Å². The van der Waals surface area contributed by atoms with E-state index in [0.717, 1.165) is 55.6 Å². The molecule has 0 amide bonds. The summed E-state index contributed by atoms with van der Waals surface area (Å²) in [6.45, 7) is 50.1. The monoisotopic (exact) mass is 1790 g/mol. The highest BCUT2D eigenvalue weighted by molar-refractivity contribution is 7.91.